The van der Waals surface area contributed by atoms with E-state index in [0.29, 0.717) is 44.1 Å². The Bertz CT molecular complexity index is 1290. The molecule has 4 aromatic rings. The molecule has 2 heterocycles. The molecule has 0 saturated carbocycles. The average molecular weight is 519 g/mol. The van der Waals surface area contributed by atoms with Gasteiger partial charge in [-0.25, -0.2) is 14.4 Å². The Morgan fingerprint density at radius 1 is 1.21 bits per heavy atom. The fourth-order valence-electron chi connectivity index (χ4n) is 3.09. The lowest BCUT2D eigenvalue weighted by Crippen LogP contribution is -2.01. The van der Waals surface area contributed by atoms with E-state index in [1.807, 2.05) is 24.3 Å². The lowest BCUT2D eigenvalue weighted by atomic mass is 10.1. The molecule has 11 heteroatoms. The first-order valence-corrected chi connectivity index (χ1v) is 12.0. The van der Waals surface area contributed by atoms with Gasteiger partial charge >= 0.3 is 0 Å². The number of aliphatic hydroxyl groups is 1. The van der Waals surface area contributed by atoms with Crippen molar-refractivity contribution in [2.75, 3.05) is 17.1 Å². The summed E-state index contributed by atoms with van der Waals surface area (Å²) >= 11 is 8.45. The minimum absolute atomic E-state index is 0.00205. The van der Waals surface area contributed by atoms with Crippen LogP contribution in [0.3, 0.4) is 0 Å². The third kappa shape index (κ3) is 5.53. The van der Waals surface area contributed by atoms with Gasteiger partial charge in [0.15, 0.2) is 16.6 Å². The van der Waals surface area contributed by atoms with E-state index in [4.69, 9.17) is 16.3 Å². The summed E-state index contributed by atoms with van der Waals surface area (Å²) in [5, 5.41) is 24.4. The highest BCUT2D eigenvalue weighted by molar-refractivity contribution is 8.00. The highest BCUT2D eigenvalue weighted by Gasteiger charge is 2.14. The molecule has 176 valence electrons. The van der Waals surface area contributed by atoms with Gasteiger partial charge in [0.1, 0.15) is 10.8 Å². The van der Waals surface area contributed by atoms with Crippen LogP contribution in [0.15, 0.2) is 59.8 Å². The lowest BCUT2D eigenvalue weighted by molar-refractivity contribution is 0.286. The van der Waals surface area contributed by atoms with E-state index in [0.717, 1.165) is 5.69 Å². The molecule has 0 saturated heterocycles. The monoisotopic (exact) mass is 518 g/mol. The van der Waals surface area contributed by atoms with Crippen LogP contribution in [0.25, 0.3) is 11.3 Å². The molecule has 0 fully saturated rings. The SMILES string of the molecule is COc1cccc(CNc2ccc(SNc3nc(-c4ccc(F)c(Cl)c4)c(CO)s3)nc2)c1O. The molecular weight excluding hydrogens is 499 g/mol. The van der Waals surface area contributed by atoms with E-state index in [1.165, 1.54) is 42.5 Å². The first-order valence-electron chi connectivity index (χ1n) is 10.0. The summed E-state index contributed by atoms with van der Waals surface area (Å²) in [5.74, 6) is 0.0201. The van der Waals surface area contributed by atoms with Gasteiger partial charge in [0.25, 0.3) is 0 Å². The number of hydrogen-bond donors (Lipinski definition) is 4. The van der Waals surface area contributed by atoms with E-state index in [-0.39, 0.29) is 17.4 Å². The molecule has 0 aliphatic heterocycles. The number of pyridine rings is 1. The summed E-state index contributed by atoms with van der Waals surface area (Å²) in [6.45, 7) is 0.213. The predicted octanol–water partition coefficient (Wildman–Crippen LogP) is 5.94. The maximum atomic E-state index is 13.5. The molecule has 0 spiro atoms. The van der Waals surface area contributed by atoms with Crippen molar-refractivity contribution in [3.05, 3.63) is 76.0 Å². The van der Waals surface area contributed by atoms with Gasteiger partial charge in [-0.3, -0.25) is 0 Å². The van der Waals surface area contributed by atoms with E-state index >= 15 is 0 Å². The molecule has 4 rings (SSSR count). The summed E-state index contributed by atoms with van der Waals surface area (Å²) in [6, 6.07) is 13.4. The number of ether oxygens (including phenoxy) is 1. The zero-order chi connectivity index (χ0) is 24.1. The molecular formula is C23H20ClFN4O3S2. The highest BCUT2D eigenvalue weighted by Crippen LogP contribution is 2.35. The number of aromatic hydroxyl groups is 1. The Kier molecular flexibility index (Phi) is 7.73. The number of para-hydroxylation sites is 1. The van der Waals surface area contributed by atoms with Crippen LogP contribution < -0.4 is 14.8 Å². The molecule has 0 unspecified atom stereocenters. The second-order valence-electron chi connectivity index (χ2n) is 6.99. The Morgan fingerprint density at radius 3 is 2.76 bits per heavy atom. The normalized spacial score (nSPS) is 10.8. The van der Waals surface area contributed by atoms with Gasteiger partial charge in [0, 0.05) is 29.6 Å². The van der Waals surface area contributed by atoms with Gasteiger partial charge in [-0.05, 0) is 36.4 Å². The number of phenols is 1. The fraction of sp³-hybridized carbons (Fsp3) is 0.130. The van der Waals surface area contributed by atoms with Gasteiger partial charge in [-0.2, -0.15) is 0 Å². The van der Waals surface area contributed by atoms with Crippen LogP contribution in [-0.4, -0.2) is 27.3 Å². The van der Waals surface area contributed by atoms with Crippen LogP contribution in [0.2, 0.25) is 5.02 Å². The van der Waals surface area contributed by atoms with Crippen molar-refractivity contribution < 1.29 is 19.3 Å². The van der Waals surface area contributed by atoms with Crippen molar-refractivity contribution in [3.8, 4) is 22.8 Å². The van der Waals surface area contributed by atoms with Crippen molar-refractivity contribution in [2.24, 2.45) is 0 Å². The first-order chi connectivity index (χ1) is 16.5. The van der Waals surface area contributed by atoms with E-state index in [2.05, 4.69) is 20.0 Å². The third-order valence-electron chi connectivity index (χ3n) is 4.80. The van der Waals surface area contributed by atoms with Crippen molar-refractivity contribution >= 4 is 45.7 Å². The molecule has 34 heavy (non-hydrogen) atoms. The standard InChI is InChI=1S/C23H20ClFN4O3S2/c1-32-18-4-2-3-14(22(18)31)10-26-15-6-8-20(27-11-15)34-29-23-28-21(19(12-30)33-23)13-5-7-17(25)16(24)9-13/h2-9,11,26,30-31H,10,12H2,1H3,(H,28,29). The van der Waals surface area contributed by atoms with Gasteiger partial charge in [-0.1, -0.05) is 35.1 Å². The number of hydrogen-bond acceptors (Lipinski definition) is 9. The molecule has 2 aromatic heterocycles. The summed E-state index contributed by atoms with van der Waals surface area (Å²) < 4.78 is 21.7. The zero-order valence-electron chi connectivity index (χ0n) is 17.9. The summed E-state index contributed by atoms with van der Waals surface area (Å²) in [5.41, 5.74) is 2.67. The van der Waals surface area contributed by atoms with Crippen molar-refractivity contribution in [1.29, 1.82) is 0 Å². The topological polar surface area (TPSA) is 99.5 Å². The highest BCUT2D eigenvalue weighted by atomic mass is 35.5. The van der Waals surface area contributed by atoms with Gasteiger partial charge in [0.2, 0.25) is 0 Å². The average Bonchev–Trinajstić information content (AvgIpc) is 3.28. The van der Waals surface area contributed by atoms with Crippen molar-refractivity contribution in [3.63, 3.8) is 0 Å². The minimum Gasteiger partial charge on any atom is -0.504 e. The number of nitrogens with zero attached hydrogens (tertiary/aromatic N) is 2. The minimum atomic E-state index is -0.510. The molecule has 0 aliphatic carbocycles. The Balaban J connectivity index is 1.38. The van der Waals surface area contributed by atoms with Crippen LogP contribution in [-0.2, 0) is 13.2 Å². The Labute approximate surface area is 208 Å². The van der Waals surface area contributed by atoms with Gasteiger partial charge in [0.05, 0.1) is 41.2 Å². The number of nitrogens with one attached hydrogen (secondary N) is 2. The van der Waals surface area contributed by atoms with Gasteiger partial charge < -0.3 is 25.0 Å². The summed E-state index contributed by atoms with van der Waals surface area (Å²) in [7, 11) is 1.51. The maximum absolute atomic E-state index is 13.5. The predicted molar refractivity (Wildman–Crippen MR) is 134 cm³/mol. The van der Waals surface area contributed by atoms with Crippen molar-refractivity contribution in [1.82, 2.24) is 9.97 Å². The molecule has 0 bridgehead atoms. The Hall–Kier alpha value is -3.05. The smallest absolute Gasteiger partial charge is 0.193 e. The van der Waals surface area contributed by atoms with Crippen LogP contribution in [0.5, 0.6) is 11.5 Å². The summed E-state index contributed by atoms with van der Waals surface area (Å²) in [4.78, 5) is 9.56. The number of methoxy groups -OCH3 is 1. The number of aromatic nitrogens is 2. The molecule has 0 amide bonds. The number of aliphatic hydroxyl groups excluding tert-OH is 1. The van der Waals surface area contributed by atoms with Crippen molar-refractivity contribution in [2.45, 2.75) is 18.2 Å². The molecule has 2 aromatic carbocycles. The van der Waals surface area contributed by atoms with Crippen LogP contribution >= 0.6 is 34.9 Å². The van der Waals surface area contributed by atoms with Crippen LogP contribution in [0, 0.1) is 5.82 Å². The maximum Gasteiger partial charge on any atom is 0.193 e. The van der Waals surface area contributed by atoms with E-state index < -0.39 is 5.82 Å². The molecule has 0 radical (unpaired) electrons. The largest absolute Gasteiger partial charge is 0.504 e. The second-order valence-corrected chi connectivity index (χ2v) is 9.31. The first kappa shape index (κ1) is 24.1. The lowest BCUT2D eigenvalue weighted by Gasteiger charge is -2.10. The quantitative estimate of drug-likeness (QED) is 0.202. The number of benzene rings is 2. The van der Waals surface area contributed by atoms with E-state index in [9.17, 15) is 14.6 Å². The van der Waals surface area contributed by atoms with Gasteiger partial charge in [-0.15, -0.1) is 0 Å². The zero-order valence-corrected chi connectivity index (χ0v) is 20.3. The van der Waals surface area contributed by atoms with Crippen LogP contribution in [0.1, 0.15) is 10.4 Å². The van der Waals surface area contributed by atoms with Crippen LogP contribution in [0.4, 0.5) is 15.2 Å². The number of halogens is 2. The second kappa shape index (κ2) is 10.9. The molecule has 7 nitrogen and oxygen atoms in total. The molecule has 0 atom stereocenters. The fourth-order valence-corrected chi connectivity index (χ4v) is 4.73. The number of thiazole rings is 1. The number of phenolic OH excluding ortho intramolecular Hbond substituents is 1. The third-order valence-corrected chi connectivity index (χ3v) is 6.92. The molecule has 4 N–H and O–H groups in total. The Morgan fingerprint density at radius 2 is 2.06 bits per heavy atom. The number of rotatable bonds is 9. The van der Waals surface area contributed by atoms with E-state index in [1.54, 1.807) is 18.3 Å². The molecule has 0 aliphatic rings. The summed E-state index contributed by atoms with van der Waals surface area (Å²) in [6.07, 6.45) is 1.69. The number of anilines is 2.